The summed E-state index contributed by atoms with van der Waals surface area (Å²) in [5.41, 5.74) is 0.0162. The van der Waals surface area contributed by atoms with Crippen molar-refractivity contribution in [1.29, 1.82) is 0 Å². The van der Waals surface area contributed by atoms with Crippen molar-refractivity contribution in [3.8, 4) is 0 Å². The van der Waals surface area contributed by atoms with E-state index >= 15 is 0 Å². The smallest absolute Gasteiger partial charge is 0.356 e. The minimum Gasteiger partial charge on any atom is -0.464 e. The van der Waals surface area contributed by atoms with Crippen LogP contribution in [0.5, 0.6) is 0 Å². The minimum atomic E-state index is -0.590. The van der Waals surface area contributed by atoms with Crippen LogP contribution in [0.25, 0.3) is 0 Å². The maximum atomic E-state index is 11.5. The fraction of sp³-hybridized carbons (Fsp3) is 0.538. The van der Waals surface area contributed by atoms with Gasteiger partial charge in [-0.25, -0.2) is 9.78 Å². The van der Waals surface area contributed by atoms with Crippen molar-refractivity contribution >= 4 is 17.5 Å². The van der Waals surface area contributed by atoms with Crippen LogP contribution >= 0.6 is 0 Å². The fourth-order valence-corrected chi connectivity index (χ4v) is 2.39. The van der Waals surface area contributed by atoms with Gasteiger partial charge in [-0.2, -0.15) is 0 Å². The molecule has 1 aliphatic heterocycles. The second-order valence-electron chi connectivity index (χ2n) is 4.80. The highest BCUT2D eigenvalue weighted by Gasteiger charge is 2.29. The van der Waals surface area contributed by atoms with Crippen molar-refractivity contribution in [2.75, 3.05) is 25.1 Å². The molecule has 0 radical (unpaired) electrons. The van der Waals surface area contributed by atoms with Gasteiger partial charge in [0, 0.05) is 19.2 Å². The second kappa shape index (κ2) is 5.85. The number of hydrogen-bond donors (Lipinski definition) is 0. The molecule has 0 aromatic carbocycles. The molecule has 0 saturated carbocycles. The van der Waals surface area contributed by atoms with Crippen molar-refractivity contribution in [2.24, 2.45) is 5.92 Å². The lowest BCUT2D eigenvalue weighted by atomic mass is 10.1. The monoisotopic (exact) mass is 279 g/mol. The molecule has 0 N–H and O–H groups in total. The van der Waals surface area contributed by atoms with Crippen LogP contribution in [0.15, 0.2) is 12.1 Å². The normalized spacial score (nSPS) is 18.1. The number of methoxy groups -OCH3 is 1. The van der Waals surface area contributed by atoms with E-state index in [4.69, 9.17) is 0 Å². The molecule has 0 amide bonds. The topological polar surface area (TPSA) is 85.6 Å². The number of aromatic nitrogens is 1. The molecule has 1 aromatic rings. The average Bonchev–Trinajstić information content (AvgIpc) is 2.94. The molecule has 1 fully saturated rings. The summed E-state index contributed by atoms with van der Waals surface area (Å²) in [5.74, 6) is 0.180. The number of esters is 1. The SMILES string of the molecule is CCC1CCN(c2nc(C(=O)OC)ccc2[N+](=O)[O-])C1. The zero-order chi connectivity index (χ0) is 14.7. The van der Waals surface area contributed by atoms with Crippen LogP contribution in [0.3, 0.4) is 0 Å². The minimum absolute atomic E-state index is 0.0746. The summed E-state index contributed by atoms with van der Waals surface area (Å²) in [4.78, 5) is 28.1. The molecule has 20 heavy (non-hydrogen) atoms. The van der Waals surface area contributed by atoms with Crippen LogP contribution < -0.4 is 4.90 Å². The van der Waals surface area contributed by atoms with Gasteiger partial charge in [0.2, 0.25) is 5.82 Å². The van der Waals surface area contributed by atoms with Crippen LogP contribution in [0.1, 0.15) is 30.3 Å². The predicted molar refractivity (Wildman–Crippen MR) is 72.8 cm³/mol. The maximum Gasteiger partial charge on any atom is 0.356 e. The zero-order valence-corrected chi connectivity index (χ0v) is 11.5. The number of pyridine rings is 1. The van der Waals surface area contributed by atoms with E-state index in [1.165, 1.54) is 19.2 Å². The third kappa shape index (κ3) is 2.71. The number of carbonyl (C=O) groups is 1. The first kappa shape index (κ1) is 14.2. The molecule has 1 saturated heterocycles. The van der Waals surface area contributed by atoms with Gasteiger partial charge in [0.15, 0.2) is 5.69 Å². The summed E-state index contributed by atoms with van der Waals surface area (Å²) in [7, 11) is 1.26. The van der Waals surface area contributed by atoms with E-state index in [0.717, 1.165) is 25.9 Å². The number of hydrogen-bond acceptors (Lipinski definition) is 6. The van der Waals surface area contributed by atoms with Crippen LogP contribution in [0.2, 0.25) is 0 Å². The molecule has 7 heteroatoms. The Labute approximate surface area is 116 Å². The Hall–Kier alpha value is -2.18. The predicted octanol–water partition coefficient (Wildman–Crippen LogP) is 2.01. The quantitative estimate of drug-likeness (QED) is 0.476. The summed E-state index contributed by atoms with van der Waals surface area (Å²) in [6.45, 7) is 3.55. The van der Waals surface area contributed by atoms with E-state index in [-0.39, 0.29) is 17.2 Å². The van der Waals surface area contributed by atoms with Gasteiger partial charge in [-0.3, -0.25) is 10.1 Å². The summed E-state index contributed by atoms with van der Waals surface area (Å²) in [6, 6.07) is 2.63. The Morgan fingerprint density at radius 1 is 1.60 bits per heavy atom. The molecule has 0 aliphatic carbocycles. The summed E-state index contributed by atoms with van der Waals surface area (Å²) < 4.78 is 4.61. The molecule has 0 bridgehead atoms. The second-order valence-corrected chi connectivity index (χ2v) is 4.80. The third-order valence-electron chi connectivity index (χ3n) is 3.61. The Morgan fingerprint density at radius 3 is 2.90 bits per heavy atom. The Balaban J connectivity index is 2.37. The van der Waals surface area contributed by atoms with Crippen molar-refractivity contribution < 1.29 is 14.5 Å². The lowest BCUT2D eigenvalue weighted by Crippen LogP contribution is -2.23. The number of carbonyl (C=O) groups excluding carboxylic acids is 1. The van der Waals surface area contributed by atoms with Gasteiger partial charge in [0.1, 0.15) is 0 Å². The highest BCUT2D eigenvalue weighted by atomic mass is 16.6. The van der Waals surface area contributed by atoms with Crippen LogP contribution in [-0.4, -0.2) is 36.1 Å². The molecular formula is C13H17N3O4. The Morgan fingerprint density at radius 2 is 2.35 bits per heavy atom. The number of ether oxygens (including phenoxy) is 1. The summed E-state index contributed by atoms with van der Waals surface area (Å²) >= 11 is 0. The van der Waals surface area contributed by atoms with E-state index in [9.17, 15) is 14.9 Å². The molecule has 108 valence electrons. The average molecular weight is 279 g/mol. The lowest BCUT2D eigenvalue weighted by Gasteiger charge is -2.17. The van der Waals surface area contributed by atoms with Gasteiger partial charge in [0.25, 0.3) is 0 Å². The molecule has 1 atom stereocenters. The highest BCUT2D eigenvalue weighted by Crippen LogP contribution is 2.31. The molecule has 1 aliphatic rings. The number of nitro groups is 1. The molecule has 7 nitrogen and oxygen atoms in total. The molecule has 1 unspecified atom stereocenters. The van der Waals surface area contributed by atoms with E-state index in [1.807, 2.05) is 4.90 Å². The molecule has 0 spiro atoms. The van der Waals surface area contributed by atoms with Gasteiger partial charge in [-0.15, -0.1) is 0 Å². The van der Waals surface area contributed by atoms with Gasteiger partial charge < -0.3 is 9.64 Å². The van der Waals surface area contributed by atoms with Crippen molar-refractivity contribution in [3.63, 3.8) is 0 Å². The van der Waals surface area contributed by atoms with E-state index in [0.29, 0.717) is 5.92 Å². The number of nitrogens with zero attached hydrogens (tertiary/aromatic N) is 3. The summed E-state index contributed by atoms with van der Waals surface area (Å²) in [5, 5.41) is 11.1. The van der Waals surface area contributed by atoms with Crippen molar-refractivity contribution in [2.45, 2.75) is 19.8 Å². The highest BCUT2D eigenvalue weighted by molar-refractivity contribution is 5.88. The first-order valence-electron chi connectivity index (χ1n) is 6.55. The standard InChI is InChI=1S/C13H17N3O4/c1-3-9-6-7-15(8-9)12-11(16(18)19)5-4-10(14-12)13(17)20-2/h4-5,9H,3,6-8H2,1-2H3. The molecule has 2 rings (SSSR count). The summed E-state index contributed by atoms with van der Waals surface area (Å²) in [6.07, 6.45) is 2.01. The molecular weight excluding hydrogens is 262 g/mol. The Kier molecular flexibility index (Phi) is 4.16. The number of rotatable bonds is 4. The van der Waals surface area contributed by atoms with Gasteiger partial charge in [-0.05, 0) is 18.4 Å². The Bertz CT molecular complexity index is 532. The lowest BCUT2D eigenvalue weighted by molar-refractivity contribution is -0.384. The van der Waals surface area contributed by atoms with E-state index < -0.39 is 10.9 Å². The van der Waals surface area contributed by atoms with E-state index in [1.54, 1.807) is 0 Å². The number of anilines is 1. The molecule has 1 aromatic heterocycles. The molecule has 2 heterocycles. The third-order valence-corrected chi connectivity index (χ3v) is 3.61. The van der Waals surface area contributed by atoms with Crippen LogP contribution in [0, 0.1) is 16.0 Å². The van der Waals surface area contributed by atoms with Gasteiger partial charge in [0.05, 0.1) is 12.0 Å². The van der Waals surface area contributed by atoms with Gasteiger partial charge >= 0.3 is 11.7 Å². The van der Waals surface area contributed by atoms with Crippen molar-refractivity contribution in [1.82, 2.24) is 4.98 Å². The van der Waals surface area contributed by atoms with Crippen LogP contribution in [-0.2, 0) is 4.74 Å². The van der Waals surface area contributed by atoms with Gasteiger partial charge in [-0.1, -0.05) is 13.3 Å². The van der Waals surface area contributed by atoms with Crippen molar-refractivity contribution in [3.05, 3.63) is 27.9 Å². The van der Waals surface area contributed by atoms with Crippen LogP contribution in [0.4, 0.5) is 11.5 Å². The largest absolute Gasteiger partial charge is 0.464 e. The first-order valence-corrected chi connectivity index (χ1v) is 6.55. The first-order chi connectivity index (χ1) is 9.56. The van der Waals surface area contributed by atoms with E-state index in [2.05, 4.69) is 16.6 Å². The zero-order valence-electron chi connectivity index (χ0n) is 11.5. The maximum absolute atomic E-state index is 11.5. The fourth-order valence-electron chi connectivity index (χ4n) is 2.39.